The Morgan fingerprint density at radius 2 is 1.93 bits per heavy atom. The summed E-state index contributed by atoms with van der Waals surface area (Å²) in [4.78, 5) is 17.6. The number of anilines is 3. The van der Waals surface area contributed by atoms with Gasteiger partial charge in [0.15, 0.2) is 0 Å². The van der Waals surface area contributed by atoms with E-state index in [0.717, 1.165) is 38.8 Å². The molecule has 9 nitrogen and oxygen atoms in total. The molecule has 2 heterocycles. The van der Waals surface area contributed by atoms with Crippen LogP contribution >= 0.6 is 0 Å². The van der Waals surface area contributed by atoms with Crippen LogP contribution in [0.3, 0.4) is 0 Å². The van der Waals surface area contributed by atoms with E-state index >= 15 is 0 Å². The Balaban J connectivity index is 1.62. The van der Waals surface area contributed by atoms with E-state index in [2.05, 4.69) is 35.9 Å². The van der Waals surface area contributed by atoms with Gasteiger partial charge >= 0.3 is 0 Å². The van der Waals surface area contributed by atoms with E-state index < -0.39 is 0 Å². The summed E-state index contributed by atoms with van der Waals surface area (Å²) in [7, 11) is 0. The highest BCUT2D eigenvalue weighted by Crippen LogP contribution is 2.21. The molecule has 0 aliphatic heterocycles. The first-order valence-electron chi connectivity index (χ1n) is 10.4. The lowest BCUT2D eigenvalue weighted by Crippen LogP contribution is -2.27. The summed E-state index contributed by atoms with van der Waals surface area (Å²) in [6.07, 6.45) is 13.4. The van der Waals surface area contributed by atoms with Crippen molar-refractivity contribution in [2.75, 3.05) is 29.1 Å². The molecule has 0 unspecified atom stereocenters. The second-order valence-corrected chi connectivity index (χ2v) is 7.30. The Hall–Kier alpha value is -2.42. The predicted molar refractivity (Wildman–Crippen MR) is 110 cm³/mol. The van der Waals surface area contributed by atoms with Crippen molar-refractivity contribution in [2.24, 2.45) is 0 Å². The Morgan fingerprint density at radius 3 is 2.64 bits per heavy atom. The third-order valence-electron chi connectivity index (χ3n) is 5.06. The number of hydrogen-bond donors (Lipinski definition) is 4. The largest absolute Gasteiger partial charge is 0.394 e. The van der Waals surface area contributed by atoms with Crippen LogP contribution in [0.15, 0.2) is 18.7 Å². The van der Waals surface area contributed by atoms with Crippen LogP contribution in [0.25, 0.3) is 0 Å². The van der Waals surface area contributed by atoms with E-state index in [1.807, 2.05) is 24.0 Å². The van der Waals surface area contributed by atoms with E-state index in [1.165, 1.54) is 19.3 Å². The van der Waals surface area contributed by atoms with Crippen molar-refractivity contribution >= 4 is 17.8 Å². The van der Waals surface area contributed by atoms with Crippen LogP contribution in [-0.2, 0) is 6.54 Å². The number of nitrogens with zero attached hydrogens (tertiary/aromatic N) is 5. The summed E-state index contributed by atoms with van der Waals surface area (Å²) < 4.78 is 2.05. The van der Waals surface area contributed by atoms with Gasteiger partial charge in [-0.2, -0.15) is 15.0 Å². The summed E-state index contributed by atoms with van der Waals surface area (Å²) in [5, 5.41) is 19.4. The zero-order valence-electron chi connectivity index (χ0n) is 16.6. The normalized spacial score (nSPS) is 15.9. The topological polar surface area (TPSA) is 113 Å². The number of nitrogens with one attached hydrogen (secondary N) is 3. The first-order chi connectivity index (χ1) is 13.8. The molecule has 0 bridgehead atoms. The minimum atomic E-state index is -0.0704. The molecule has 1 fully saturated rings. The Kier molecular flexibility index (Phi) is 7.83. The SMILES string of the molecule is CC[C@H](CO)Nc1nc(NCCCn2ccnc2)nc(NC2CCCCC2)n1. The van der Waals surface area contributed by atoms with Gasteiger partial charge in [0, 0.05) is 31.5 Å². The fraction of sp³-hybridized carbons (Fsp3) is 0.684. The number of aliphatic hydroxyl groups excluding tert-OH is 1. The van der Waals surface area contributed by atoms with Crippen LogP contribution in [0.2, 0.25) is 0 Å². The van der Waals surface area contributed by atoms with Crippen molar-refractivity contribution in [3.8, 4) is 0 Å². The maximum atomic E-state index is 9.48. The van der Waals surface area contributed by atoms with E-state index in [-0.39, 0.29) is 12.6 Å². The molecular formula is C19H32N8O. The third-order valence-corrected chi connectivity index (χ3v) is 5.06. The molecule has 0 amide bonds. The quantitative estimate of drug-likeness (QED) is 0.434. The van der Waals surface area contributed by atoms with Crippen LogP contribution in [0.1, 0.15) is 51.9 Å². The zero-order chi connectivity index (χ0) is 19.6. The van der Waals surface area contributed by atoms with Crippen molar-refractivity contribution in [3.63, 3.8) is 0 Å². The van der Waals surface area contributed by atoms with E-state index in [1.54, 1.807) is 6.20 Å². The zero-order valence-corrected chi connectivity index (χ0v) is 16.6. The molecule has 28 heavy (non-hydrogen) atoms. The Bertz CT molecular complexity index is 683. The number of imidazole rings is 1. The molecular weight excluding hydrogens is 356 g/mol. The van der Waals surface area contributed by atoms with E-state index in [4.69, 9.17) is 0 Å². The minimum Gasteiger partial charge on any atom is -0.394 e. The molecule has 1 atom stereocenters. The van der Waals surface area contributed by atoms with Gasteiger partial charge in [0.05, 0.1) is 19.0 Å². The van der Waals surface area contributed by atoms with Crippen LogP contribution in [0.4, 0.5) is 17.8 Å². The van der Waals surface area contributed by atoms with Crippen LogP contribution < -0.4 is 16.0 Å². The lowest BCUT2D eigenvalue weighted by molar-refractivity contribution is 0.271. The van der Waals surface area contributed by atoms with Crippen LogP contribution in [0.5, 0.6) is 0 Å². The van der Waals surface area contributed by atoms with Crippen molar-refractivity contribution in [1.82, 2.24) is 24.5 Å². The Morgan fingerprint density at radius 1 is 1.14 bits per heavy atom. The van der Waals surface area contributed by atoms with E-state index in [9.17, 15) is 5.11 Å². The maximum absolute atomic E-state index is 9.48. The molecule has 0 saturated heterocycles. The minimum absolute atomic E-state index is 0.0429. The number of aliphatic hydroxyl groups is 1. The van der Waals surface area contributed by atoms with Gasteiger partial charge in [-0.05, 0) is 25.7 Å². The molecule has 1 aliphatic rings. The number of rotatable bonds is 11. The number of hydrogen-bond acceptors (Lipinski definition) is 8. The third kappa shape index (κ3) is 6.33. The lowest BCUT2D eigenvalue weighted by Gasteiger charge is -2.23. The molecule has 154 valence electrons. The molecule has 2 aromatic rings. The molecule has 3 rings (SSSR count). The summed E-state index contributed by atoms with van der Waals surface area (Å²) in [5.74, 6) is 1.63. The van der Waals surface area contributed by atoms with Gasteiger partial charge in [0.25, 0.3) is 0 Å². The fourth-order valence-corrected chi connectivity index (χ4v) is 3.35. The smallest absolute Gasteiger partial charge is 0.229 e. The van der Waals surface area contributed by atoms with Crippen LogP contribution in [0, 0.1) is 0 Å². The summed E-state index contributed by atoms with van der Waals surface area (Å²) in [5.41, 5.74) is 0. The van der Waals surface area contributed by atoms with Crippen molar-refractivity contribution in [3.05, 3.63) is 18.7 Å². The molecule has 1 saturated carbocycles. The number of aromatic nitrogens is 5. The van der Waals surface area contributed by atoms with Gasteiger partial charge in [0.1, 0.15) is 0 Å². The van der Waals surface area contributed by atoms with Crippen molar-refractivity contribution in [2.45, 2.75) is 70.5 Å². The van der Waals surface area contributed by atoms with Gasteiger partial charge in [-0.25, -0.2) is 4.98 Å². The summed E-state index contributed by atoms with van der Waals surface area (Å²) in [6, 6.07) is 0.344. The monoisotopic (exact) mass is 388 g/mol. The molecule has 0 spiro atoms. The average molecular weight is 389 g/mol. The van der Waals surface area contributed by atoms with E-state index in [0.29, 0.717) is 23.9 Å². The molecule has 0 radical (unpaired) electrons. The van der Waals surface area contributed by atoms with Gasteiger partial charge in [-0.3, -0.25) is 0 Å². The average Bonchev–Trinajstić information content (AvgIpc) is 3.24. The van der Waals surface area contributed by atoms with Crippen molar-refractivity contribution in [1.29, 1.82) is 0 Å². The lowest BCUT2D eigenvalue weighted by atomic mass is 9.96. The fourth-order valence-electron chi connectivity index (χ4n) is 3.35. The second-order valence-electron chi connectivity index (χ2n) is 7.30. The molecule has 0 aromatic carbocycles. The first kappa shape index (κ1) is 20.3. The molecule has 4 N–H and O–H groups in total. The first-order valence-corrected chi connectivity index (χ1v) is 10.4. The van der Waals surface area contributed by atoms with Crippen molar-refractivity contribution < 1.29 is 5.11 Å². The van der Waals surface area contributed by atoms with Gasteiger partial charge in [0.2, 0.25) is 17.8 Å². The Labute approximate surface area is 166 Å². The standard InChI is InChI=1S/C19H32N8O/c1-2-15(13-28)22-18-24-17(21-9-6-11-27-12-10-20-14-27)25-19(26-18)23-16-7-4-3-5-8-16/h10,12,14-16,28H,2-9,11,13H2,1H3,(H3,21,22,23,24,25,26)/t15-/m1/s1. The maximum Gasteiger partial charge on any atom is 0.229 e. The van der Waals surface area contributed by atoms with Gasteiger partial charge in [-0.1, -0.05) is 26.2 Å². The van der Waals surface area contributed by atoms with Crippen LogP contribution in [-0.4, -0.2) is 54.8 Å². The summed E-state index contributed by atoms with van der Waals surface area (Å²) in [6.45, 7) is 3.70. The highest BCUT2D eigenvalue weighted by molar-refractivity contribution is 5.43. The predicted octanol–water partition coefficient (Wildman–Crippen LogP) is 2.50. The van der Waals surface area contributed by atoms with Gasteiger partial charge < -0.3 is 25.6 Å². The molecule has 1 aliphatic carbocycles. The molecule has 9 heteroatoms. The summed E-state index contributed by atoms with van der Waals surface area (Å²) >= 11 is 0. The second kappa shape index (κ2) is 10.8. The highest BCUT2D eigenvalue weighted by atomic mass is 16.3. The number of aryl methyl sites for hydroxylation is 1. The molecule has 2 aromatic heterocycles. The highest BCUT2D eigenvalue weighted by Gasteiger charge is 2.16. The van der Waals surface area contributed by atoms with Gasteiger partial charge in [-0.15, -0.1) is 0 Å².